The van der Waals surface area contributed by atoms with Crippen LogP contribution in [0.15, 0.2) is 18.2 Å². The van der Waals surface area contributed by atoms with Gasteiger partial charge >= 0.3 is 0 Å². The minimum Gasteiger partial charge on any atom is -0.340 e. The maximum atomic E-state index is 12.6. The van der Waals surface area contributed by atoms with E-state index in [0.29, 0.717) is 35.0 Å². The van der Waals surface area contributed by atoms with E-state index >= 15 is 0 Å². The van der Waals surface area contributed by atoms with Gasteiger partial charge < -0.3 is 9.80 Å². The van der Waals surface area contributed by atoms with E-state index in [0.717, 1.165) is 31.7 Å². The van der Waals surface area contributed by atoms with Crippen LogP contribution in [-0.4, -0.2) is 73.0 Å². The first-order valence-electron chi connectivity index (χ1n) is 8.90. The molecular formula is C19H29Cl2N3O. The fourth-order valence-electron chi connectivity index (χ4n) is 3.42. The summed E-state index contributed by atoms with van der Waals surface area (Å²) in [5.41, 5.74) is 1.05. The van der Waals surface area contributed by atoms with Crippen molar-refractivity contribution >= 4 is 29.1 Å². The quantitative estimate of drug-likeness (QED) is 0.750. The summed E-state index contributed by atoms with van der Waals surface area (Å²) in [5, 5.41) is 1.09. The fourth-order valence-corrected chi connectivity index (χ4v) is 3.74. The molecule has 2 unspecified atom stereocenters. The van der Waals surface area contributed by atoms with Crippen molar-refractivity contribution < 1.29 is 4.79 Å². The van der Waals surface area contributed by atoms with Gasteiger partial charge in [-0.15, -0.1) is 0 Å². The normalized spacial score (nSPS) is 21.8. The Labute approximate surface area is 161 Å². The average Bonchev–Trinajstić information content (AvgIpc) is 2.54. The predicted octanol–water partition coefficient (Wildman–Crippen LogP) is 3.41. The van der Waals surface area contributed by atoms with Gasteiger partial charge in [0.15, 0.2) is 0 Å². The van der Waals surface area contributed by atoms with E-state index in [2.05, 4.69) is 37.7 Å². The Morgan fingerprint density at radius 2 is 1.80 bits per heavy atom. The van der Waals surface area contributed by atoms with Crippen molar-refractivity contribution in [3.63, 3.8) is 0 Å². The maximum Gasteiger partial charge on any atom is 0.223 e. The van der Waals surface area contributed by atoms with Gasteiger partial charge in [-0.2, -0.15) is 0 Å². The Balaban J connectivity index is 1.87. The third-order valence-electron chi connectivity index (χ3n) is 4.87. The number of halogens is 2. The number of nitrogens with zero attached hydrogens (tertiary/aromatic N) is 3. The molecule has 2 atom stereocenters. The first-order chi connectivity index (χ1) is 11.8. The molecule has 2 rings (SSSR count). The zero-order valence-electron chi connectivity index (χ0n) is 15.6. The zero-order chi connectivity index (χ0) is 18.6. The number of aryl methyl sites for hydroxylation is 1. The maximum absolute atomic E-state index is 12.6. The molecule has 1 aliphatic heterocycles. The highest BCUT2D eigenvalue weighted by Crippen LogP contribution is 2.23. The van der Waals surface area contributed by atoms with Crippen LogP contribution < -0.4 is 0 Å². The Hall–Kier alpha value is -0.810. The van der Waals surface area contributed by atoms with E-state index in [1.165, 1.54) is 0 Å². The van der Waals surface area contributed by atoms with Crippen LogP contribution in [-0.2, 0) is 11.2 Å². The van der Waals surface area contributed by atoms with Crippen molar-refractivity contribution in [1.29, 1.82) is 0 Å². The topological polar surface area (TPSA) is 26.8 Å². The number of hydrogen-bond donors (Lipinski definition) is 0. The Bertz CT molecular complexity index is 582. The lowest BCUT2D eigenvalue weighted by atomic mass is 10.1. The largest absolute Gasteiger partial charge is 0.340 e. The van der Waals surface area contributed by atoms with Gasteiger partial charge in [-0.1, -0.05) is 29.3 Å². The lowest BCUT2D eigenvalue weighted by molar-refractivity contribution is -0.135. The Morgan fingerprint density at radius 1 is 1.16 bits per heavy atom. The number of benzene rings is 1. The monoisotopic (exact) mass is 385 g/mol. The van der Waals surface area contributed by atoms with E-state index in [1.807, 2.05) is 17.0 Å². The summed E-state index contributed by atoms with van der Waals surface area (Å²) in [5.74, 6) is 0.219. The van der Waals surface area contributed by atoms with Gasteiger partial charge in [-0.3, -0.25) is 9.69 Å². The molecule has 1 saturated heterocycles. The van der Waals surface area contributed by atoms with Gasteiger partial charge in [-0.05, 0) is 52.1 Å². The lowest BCUT2D eigenvalue weighted by Crippen LogP contribution is -2.59. The van der Waals surface area contributed by atoms with Gasteiger partial charge in [0.05, 0.1) is 10.0 Å². The highest BCUT2D eigenvalue weighted by Gasteiger charge is 2.31. The standard InChI is InChI=1S/C19H29Cl2N3O/c1-14-12-23(13-15(2)24(14)10-9-22(3)4)19(25)8-6-16-5-7-17(20)18(21)11-16/h5,7,11,14-15H,6,8-10,12-13H2,1-4H3. The number of likely N-dealkylation sites (N-methyl/N-ethyl adjacent to an activating group) is 1. The molecule has 1 heterocycles. The predicted molar refractivity (Wildman–Crippen MR) is 106 cm³/mol. The molecule has 0 saturated carbocycles. The molecule has 0 radical (unpaired) electrons. The number of rotatable bonds is 6. The van der Waals surface area contributed by atoms with Crippen molar-refractivity contribution in [2.75, 3.05) is 40.3 Å². The molecule has 1 aromatic carbocycles. The van der Waals surface area contributed by atoms with Gasteiger partial charge in [0.2, 0.25) is 5.91 Å². The van der Waals surface area contributed by atoms with Crippen molar-refractivity contribution in [3.05, 3.63) is 33.8 Å². The molecule has 1 aliphatic rings. The third-order valence-corrected chi connectivity index (χ3v) is 5.61. The van der Waals surface area contributed by atoms with E-state index < -0.39 is 0 Å². The number of carbonyl (C=O) groups is 1. The smallest absolute Gasteiger partial charge is 0.223 e. The molecule has 0 N–H and O–H groups in total. The fraction of sp³-hybridized carbons (Fsp3) is 0.632. The minimum atomic E-state index is 0.219. The molecule has 4 nitrogen and oxygen atoms in total. The van der Waals surface area contributed by atoms with Crippen LogP contribution in [0.4, 0.5) is 0 Å². The molecule has 0 aliphatic carbocycles. The molecule has 0 bridgehead atoms. The third kappa shape index (κ3) is 5.85. The molecule has 1 amide bonds. The Morgan fingerprint density at radius 3 is 2.36 bits per heavy atom. The second-order valence-electron chi connectivity index (χ2n) is 7.29. The van der Waals surface area contributed by atoms with Crippen LogP contribution in [0, 0.1) is 0 Å². The molecule has 6 heteroatoms. The number of amides is 1. The first kappa shape index (κ1) is 20.5. The number of piperazine rings is 1. The number of hydrogen-bond acceptors (Lipinski definition) is 3. The van der Waals surface area contributed by atoms with Gasteiger partial charge in [0.1, 0.15) is 0 Å². The summed E-state index contributed by atoms with van der Waals surface area (Å²) in [6.45, 7) is 8.12. The van der Waals surface area contributed by atoms with Crippen molar-refractivity contribution in [2.45, 2.75) is 38.8 Å². The SMILES string of the molecule is CC1CN(C(=O)CCc2ccc(Cl)c(Cl)c2)CC(C)N1CCN(C)C. The van der Waals surface area contributed by atoms with Gasteiger partial charge in [0.25, 0.3) is 0 Å². The molecule has 0 spiro atoms. The molecular weight excluding hydrogens is 357 g/mol. The van der Waals surface area contributed by atoms with Crippen LogP contribution >= 0.6 is 23.2 Å². The summed E-state index contributed by atoms with van der Waals surface area (Å²) in [4.78, 5) is 19.3. The molecule has 1 fully saturated rings. The lowest BCUT2D eigenvalue weighted by Gasteiger charge is -2.45. The first-order valence-corrected chi connectivity index (χ1v) is 9.65. The van der Waals surface area contributed by atoms with Gasteiger partial charge in [-0.25, -0.2) is 0 Å². The minimum absolute atomic E-state index is 0.219. The average molecular weight is 386 g/mol. The second kappa shape index (κ2) is 9.22. The van der Waals surface area contributed by atoms with E-state index in [9.17, 15) is 4.79 Å². The van der Waals surface area contributed by atoms with Crippen LogP contribution in [0.1, 0.15) is 25.8 Å². The van der Waals surface area contributed by atoms with Crippen molar-refractivity contribution in [3.8, 4) is 0 Å². The van der Waals surface area contributed by atoms with E-state index in [1.54, 1.807) is 6.07 Å². The Kier molecular flexibility index (Phi) is 7.56. The van der Waals surface area contributed by atoms with E-state index in [4.69, 9.17) is 23.2 Å². The van der Waals surface area contributed by atoms with Crippen LogP contribution in [0.5, 0.6) is 0 Å². The molecule has 140 valence electrons. The van der Waals surface area contributed by atoms with Crippen molar-refractivity contribution in [1.82, 2.24) is 14.7 Å². The summed E-state index contributed by atoms with van der Waals surface area (Å²) in [7, 11) is 4.19. The summed E-state index contributed by atoms with van der Waals surface area (Å²) in [6.07, 6.45) is 1.20. The highest BCUT2D eigenvalue weighted by molar-refractivity contribution is 6.42. The summed E-state index contributed by atoms with van der Waals surface area (Å²) in [6, 6.07) is 6.35. The summed E-state index contributed by atoms with van der Waals surface area (Å²) >= 11 is 12.0. The van der Waals surface area contributed by atoms with E-state index in [-0.39, 0.29) is 5.91 Å². The van der Waals surface area contributed by atoms with Crippen LogP contribution in [0.25, 0.3) is 0 Å². The molecule has 0 aromatic heterocycles. The molecule has 25 heavy (non-hydrogen) atoms. The van der Waals surface area contributed by atoms with Gasteiger partial charge in [0, 0.05) is 44.7 Å². The zero-order valence-corrected chi connectivity index (χ0v) is 17.1. The van der Waals surface area contributed by atoms with Crippen LogP contribution in [0.2, 0.25) is 10.0 Å². The summed E-state index contributed by atoms with van der Waals surface area (Å²) < 4.78 is 0. The van der Waals surface area contributed by atoms with Crippen LogP contribution in [0.3, 0.4) is 0 Å². The molecule has 1 aromatic rings. The number of carbonyl (C=O) groups excluding carboxylic acids is 1. The van der Waals surface area contributed by atoms with Crippen molar-refractivity contribution in [2.24, 2.45) is 0 Å². The highest BCUT2D eigenvalue weighted by atomic mass is 35.5. The second-order valence-corrected chi connectivity index (χ2v) is 8.10.